The van der Waals surface area contributed by atoms with Gasteiger partial charge >= 0.3 is 0 Å². The molecule has 2 aliphatic heterocycles. The highest BCUT2D eigenvalue weighted by Crippen LogP contribution is 2.36. The summed E-state index contributed by atoms with van der Waals surface area (Å²) in [6.45, 7) is 3.98. The van der Waals surface area contributed by atoms with Crippen LogP contribution >= 0.6 is 0 Å². The minimum absolute atomic E-state index is 0.00578. The van der Waals surface area contributed by atoms with Gasteiger partial charge in [-0.25, -0.2) is 9.98 Å². The lowest BCUT2D eigenvalue weighted by Crippen LogP contribution is -2.38. The minimum atomic E-state index is -0.406. The predicted octanol–water partition coefficient (Wildman–Crippen LogP) is 3.11. The summed E-state index contributed by atoms with van der Waals surface area (Å²) in [6, 6.07) is 13.5. The second kappa shape index (κ2) is 9.01. The van der Waals surface area contributed by atoms with Crippen molar-refractivity contribution in [3.63, 3.8) is 0 Å². The molecule has 33 heavy (non-hydrogen) atoms. The molecule has 5 rings (SSSR count). The van der Waals surface area contributed by atoms with E-state index in [-0.39, 0.29) is 12.5 Å². The molecule has 172 valence electrons. The lowest BCUT2D eigenvalue weighted by molar-refractivity contribution is -0.134. The van der Waals surface area contributed by atoms with Crippen LogP contribution in [0.2, 0.25) is 0 Å². The number of fused-ring (bicyclic) bond motifs is 3. The number of guanidine groups is 1. The summed E-state index contributed by atoms with van der Waals surface area (Å²) in [5.74, 6) is 2.05. The SMILES string of the molecule is CCOc1cc([C@H]2N=C(N)Nc3nc4ccccc4n32)ccc1OCC(=O)N1CCCCC1. The van der Waals surface area contributed by atoms with Gasteiger partial charge < -0.3 is 20.1 Å². The molecule has 3 aromatic rings. The lowest BCUT2D eigenvalue weighted by Gasteiger charge is -2.27. The number of nitrogens with zero attached hydrogens (tertiary/aromatic N) is 4. The van der Waals surface area contributed by atoms with Gasteiger partial charge in [0, 0.05) is 18.7 Å². The summed E-state index contributed by atoms with van der Waals surface area (Å²) >= 11 is 0. The third-order valence-corrected chi connectivity index (χ3v) is 5.97. The average molecular weight is 449 g/mol. The fourth-order valence-corrected chi connectivity index (χ4v) is 4.39. The molecular weight excluding hydrogens is 420 g/mol. The number of hydrogen-bond donors (Lipinski definition) is 2. The first-order chi connectivity index (χ1) is 16.1. The normalized spacial score (nSPS) is 17.8. The van der Waals surface area contributed by atoms with Gasteiger partial charge in [0.2, 0.25) is 5.95 Å². The number of aromatic nitrogens is 2. The molecule has 9 heteroatoms. The van der Waals surface area contributed by atoms with Crippen LogP contribution in [0.1, 0.15) is 37.9 Å². The number of carbonyl (C=O) groups is 1. The second-order valence-corrected chi connectivity index (χ2v) is 8.18. The van der Waals surface area contributed by atoms with Gasteiger partial charge in [0.15, 0.2) is 30.2 Å². The molecule has 2 aromatic carbocycles. The Morgan fingerprint density at radius 2 is 1.94 bits per heavy atom. The van der Waals surface area contributed by atoms with E-state index in [1.807, 2.05) is 58.9 Å². The molecule has 9 nitrogen and oxygen atoms in total. The van der Waals surface area contributed by atoms with E-state index in [2.05, 4.69) is 15.3 Å². The van der Waals surface area contributed by atoms with E-state index in [0.29, 0.717) is 30.0 Å². The van der Waals surface area contributed by atoms with Gasteiger partial charge in [0.25, 0.3) is 5.91 Å². The van der Waals surface area contributed by atoms with Crippen molar-refractivity contribution in [2.45, 2.75) is 32.4 Å². The van der Waals surface area contributed by atoms with Crippen molar-refractivity contribution < 1.29 is 14.3 Å². The largest absolute Gasteiger partial charge is 0.490 e. The van der Waals surface area contributed by atoms with Crippen molar-refractivity contribution in [2.75, 3.05) is 31.6 Å². The number of benzene rings is 2. The first kappa shape index (κ1) is 21.1. The fraction of sp³-hybridized carbons (Fsp3) is 0.375. The Morgan fingerprint density at radius 3 is 2.76 bits per heavy atom. The zero-order chi connectivity index (χ0) is 22.8. The number of rotatable bonds is 6. The van der Waals surface area contributed by atoms with E-state index in [0.717, 1.165) is 42.5 Å². The summed E-state index contributed by atoms with van der Waals surface area (Å²) < 4.78 is 13.8. The van der Waals surface area contributed by atoms with Crippen molar-refractivity contribution in [3.8, 4) is 11.5 Å². The number of hydrogen-bond acceptors (Lipinski definition) is 7. The third-order valence-electron chi connectivity index (χ3n) is 5.97. The first-order valence-electron chi connectivity index (χ1n) is 11.4. The molecule has 0 radical (unpaired) electrons. The third kappa shape index (κ3) is 4.18. The number of ether oxygens (including phenoxy) is 2. The number of para-hydroxylation sites is 2. The summed E-state index contributed by atoms with van der Waals surface area (Å²) in [7, 11) is 0. The van der Waals surface area contributed by atoms with Crippen LogP contribution in [0.4, 0.5) is 5.95 Å². The number of nitrogens with two attached hydrogens (primary N) is 1. The zero-order valence-corrected chi connectivity index (χ0v) is 18.7. The molecule has 0 aliphatic carbocycles. The van der Waals surface area contributed by atoms with Crippen molar-refractivity contribution in [1.29, 1.82) is 0 Å². The molecule has 2 aliphatic rings. The van der Waals surface area contributed by atoms with Crippen molar-refractivity contribution >= 4 is 28.8 Å². The second-order valence-electron chi connectivity index (χ2n) is 8.18. The summed E-state index contributed by atoms with van der Waals surface area (Å²) in [5.41, 5.74) is 8.75. The fourth-order valence-electron chi connectivity index (χ4n) is 4.39. The smallest absolute Gasteiger partial charge is 0.260 e. The van der Waals surface area contributed by atoms with Crippen LogP contribution in [-0.2, 0) is 4.79 Å². The maximum Gasteiger partial charge on any atom is 0.260 e. The number of imidazole rings is 1. The number of aliphatic imine (C=N–C) groups is 1. The van der Waals surface area contributed by atoms with E-state index >= 15 is 0 Å². The molecule has 3 N–H and O–H groups in total. The van der Waals surface area contributed by atoms with Crippen LogP contribution in [0, 0.1) is 0 Å². The maximum absolute atomic E-state index is 12.5. The number of carbonyl (C=O) groups excluding carboxylic acids is 1. The topological polar surface area (TPSA) is 107 Å². The summed E-state index contributed by atoms with van der Waals surface area (Å²) in [5, 5.41) is 3.05. The Morgan fingerprint density at radius 1 is 1.12 bits per heavy atom. The van der Waals surface area contributed by atoms with E-state index in [9.17, 15) is 4.79 Å². The van der Waals surface area contributed by atoms with Gasteiger partial charge in [-0.15, -0.1) is 0 Å². The molecular formula is C24H28N6O3. The summed E-state index contributed by atoms with van der Waals surface area (Å²) in [4.78, 5) is 23.7. The van der Waals surface area contributed by atoms with Crippen LogP contribution < -0.4 is 20.5 Å². The molecule has 0 saturated carbocycles. The van der Waals surface area contributed by atoms with Gasteiger partial charge in [0.1, 0.15) is 0 Å². The lowest BCUT2D eigenvalue weighted by atomic mass is 10.1. The molecule has 0 bridgehead atoms. The van der Waals surface area contributed by atoms with E-state index in [1.165, 1.54) is 6.42 Å². The van der Waals surface area contributed by atoms with E-state index < -0.39 is 6.17 Å². The monoisotopic (exact) mass is 448 g/mol. The number of amides is 1. The van der Waals surface area contributed by atoms with E-state index in [1.54, 1.807) is 0 Å². The van der Waals surface area contributed by atoms with Crippen molar-refractivity contribution in [3.05, 3.63) is 48.0 Å². The molecule has 1 aromatic heterocycles. The van der Waals surface area contributed by atoms with Crippen LogP contribution in [0.25, 0.3) is 11.0 Å². The molecule has 3 heterocycles. The Kier molecular flexibility index (Phi) is 5.77. The van der Waals surface area contributed by atoms with Gasteiger partial charge in [-0.1, -0.05) is 18.2 Å². The van der Waals surface area contributed by atoms with Gasteiger partial charge in [-0.2, -0.15) is 0 Å². The van der Waals surface area contributed by atoms with Crippen LogP contribution in [0.15, 0.2) is 47.5 Å². The Labute approximate surface area is 192 Å². The Hall–Kier alpha value is -3.75. The maximum atomic E-state index is 12.5. The van der Waals surface area contributed by atoms with Gasteiger partial charge in [-0.05, 0) is 50.5 Å². The average Bonchev–Trinajstić information content (AvgIpc) is 3.21. The highest BCUT2D eigenvalue weighted by molar-refractivity contribution is 5.94. The summed E-state index contributed by atoms with van der Waals surface area (Å²) in [6.07, 6.45) is 2.88. The quantitative estimate of drug-likeness (QED) is 0.600. The Balaban J connectivity index is 1.43. The molecule has 0 unspecified atom stereocenters. The van der Waals surface area contributed by atoms with Crippen LogP contribution in [-0.4, -0.2) is 52.6 Å². The van der Waals surface area contributed by atoms with E-state index in [4.69, 9.17) is 15.2 Å². The highest BCUT2D eigenvalue weighted by Gasteiger charge is 2.26. The number of nitrogens with one attached hydrogen (secondary N) is 1. The van der Waals surface area contributed by atoms with Crippen molar-refractivity contribution in [1.82, 2.24) is 14.5 Å². The highest BCUT2D eigenvalue weighted by atomic mass is 16.5. The van der Waals surface area contributed by atoms with Crippen molar-refractivity contribution in [2.24, 2.45) is 10.7 Å². The number of likely N-dealkylation sites (tertiary alicyclic amines) is 1. The van der Waals surface area contributed by atoms with Crippen LogP contribution in [0.5, 0.6) is 11.5 Å². The number of piperidine rings is 1. The molecule has 0 spiro atoms. The zero-order valence-electron chi connectivity index (χ0n) is 18.7. The minimum Gasteiger partial charge on any atom is -0.490 e. The predicted molar refractivity (Wildman–Crippen MR) is 127 cm³/mol. The molecule has 1 saturated heterocycles. The van der Waals surface area contributed by atoms with Gasteiger partial charge in [0.05, 0.1) is 17.6 Å². The van der Waals surface area contributed by atoms with Gasteiger partial charge in [-0.3, -0.25) is 14.7 Å². The number of anilines is 1. The molecule has 1 amide bonds. The molecule has 1 atom stereocenters. The standard InChI is InChI=1S/C24H28N6O3/c1-2-32-20-14-16(10-11-19(20)33-15-21(31)29-12-6-3-7-13-29)22-27-23(25)28-24-26-17-8-4-5-9-18(17)30(22)24/h4-5,8-11,14,22H,2-3,6-7,12-13,15H2,1H3,(H3,25,26,27,28)/t22-/m0/s1. The Bertz CT molecular complexity index is 1200. The molecule has 1 fully saturated rings. The van der Waals surface area contributed by atoms with Crippen LogP contribution in [0.3, 0.4) is 0 Å². The first-order valence-corrected chi connectivity index (χ1v) is 11.4.